The minimum atomic E-state index is -3.68. The van der Waals surface area contributed by atoms with Crippen LogP contribution in [0.4, 0.5) is 0 Å². The van der Waals surface area contributed by atoms with Gasteiger partial charge in [0.1, 0.15) is 5.75 Å². The Hall–Kier alpha value is -1.60. The summed E-state index contributed by atoms with van der Waals surface area (Å²) in [4.78, 5) is 11.2. The van der Waals surface area contributed by atoms with Crippen molar-refractivity contribution in [3.8, 4) is 5.75 Å². The highest BCUT2D eigenvalue weighted by Crippen LogP contribution is 2.26. The van der Waals surface area contributed by atoms with Gasteiger partial charge in [-0.25, -0.2) is 8.42 Å². The summed E-state index contributed by atoms with van der Waals surface area (Å²) >= 11 is 0. The minimum absolute atomic E-state index is 0.0243. The van der Waals surface area contributed by atoms with Gasteiger partial charge in [0.2, 0.25) is 10.0 Å². The molecule has 0 aromatic heterocycles. The van der Waals surface area contributed by atoms with Crippen LogP contribution < -0.4 is 4.74 Å². The number of sulfonamides is 1. The molecule has 116 valence electrons. The van der Waals surface area contributed by atoms with Crippen LogP contribution in [0.25, 0.3) is 0 Å². The highest BCUT2D eigenvalue weighted by atomic mass is 32.2. The molecule has 1 heterocycles. The summed E-state index contributed by atoms with van der Waals surface area (Å²) in [5.41, 5.74) is 0. The Kier molecular flexibility index (Phi) is 4.84. The minimum Gasteiger partial charge on any atom is -0.494 e. The van der Waals surface area contributed by atoms with E-state index in [9.17, 15) is 13.2 Å². The molecule has 0 bridgehead atoms. The van der Waals surface area contributed by atoms with E-state index in [4.69, 9.17) is 9.84 Å². The maximum atomic E-state index is 12.6. The van der Waals surface area contributed by atoms with Crippen LogP contribution in [0.3, 0.4) is 0 Å². The summed E-state index contributed by atoms with van der Waals surface area (Å²) in [6, 6.07) is 6.29. The second-order valence-corrected chi connectivity index (χ2v) is 6.89. The number of carboxylic acids is 1. The fourth-order valence-electron chi connectivity index (χ4n) is 2.40. The first-order valence-electron chi connectivity index (χ1n) is 6.91. The Labute approximate surface area is 124 Å². The molecule has 21 heavy (non-hydrogen) atoms. The molecular formula is C14H19NO5S. The molecule has 1 aromatic carbocycles. The van der Waals surface area contributed by atoms with Crippen LogP contribution in [-0.4, -0.2) is 43.5 Å². The van der Waals surface area contributed by atoms with Crippen LogP contribution in [-0.2, 0) is 14.8 Å². The monoisotopic (exact) mass is 313 g/mol. The van der Waals surface area contributed by atoms with Gasteiger partial charge in [0.15, 0.2) is 0 Å². The lowest BCUT2D eigenvalue weighted by Crippen LogP contribution is -2.42. The lowest BCUT2D eigenvalue weighted by Gasteiger charge is -2.29. The molecule has 1 atom stereocenters. The first-order chi connectivity index (χ1) is 9.95. The molecule has 1 fully saturated rings. The van der Waals surface area contributed by atoms with Gasteiger partial charge < -0.3 is 9.84 Å². The van der Waals surface area contributed by atoms with Crippen LogP contribution >= 0.6 is 0 Å². The summed E-state index contributed by atoms with van der Waals surface area (Å²) in [5, 5.41) is 9.06. The molecule has 1 aromatic rings. The summed E-state index contributed by atoms with van der Waals surface area (Å²) < 4.78 is 31.7. The quantitative estimate of drug-likeness (QED) is 0.892. The molecule has 6 nitrogen and oxygen atoms in total. The number of rotatable bonds is 5. The first kappa shape index (κ1) is 15.8. The van der Waals surface area contributed by atoms with Crippen LogP contribution in [0.2, 0.25) is 0 Å². The predicted molar refractivity (Wildman–Crippen MR) is 76.7 cm³/mol. The Morgan fingerprint density at radius 2 is 2.24 bits per heavy atom. The lowest BCUT2D eigenvalue weighted by atomic mass is 10.0. The third-order valence-electron chi connectivity index (χ3n) is 3.49. The van der Waals surface area contributed by atoms with Gasteiger partial charge in [0, 0.05) is 19.2 Å². The zero-order valence-corrected chi connectivity index (χ0v) is 12.7. The predicted octanol–water partition coefficient (Wildman–Crippen LogP) is 1.57. The molecule has 0 saturated carbocycles. The summed E-state index contributed by atoms with van der Waals surface area (Å²) in [6.07, 6.45) is 1.07. The molecule has 1 saturated heterocycles. The molecule has 1 aliphatic rings. The smallest absolute Gasteiger partial charge is 0.307 e. The van der Waals surface area contributed by atoms with Crippen molar-refractivity contribution in [1.29, 1.82) is 0 Å². The first-order valence-corrected chi connectivity index (χ1v) is 8.35. The number of nitrogens with zero attached hydrogens (tertiary/aromatic N) is 1. The van der Waals surface area contributed by atoms with Gasteiger partial charge in [-0.3, -0.25) is 4.79 Å². The van der Waals surface area contributed by atoms with E-state index in [1.54, 1.807) is 12.1 Å². The van der Waals surface area contributed by atoms with E-state index in [1.807, 2.05) is 6.92 Å². The third-order valence-corrected chi connectivity index (χ3v) is 5.35. The van der Waals surface area contributed by atoms with Crippen molar-refractivity contribution in [3.05, 3.63) is 24.3 Å². The van der Waals surface area contributed by atoms with E-state index in [-0.39, 0.29) is 11.4 Å². The Balaban J connectivity index is 2.24. The van der Waals surface area contributed by atoms with Gasteiger partial charge in [0.05, 0.1) is 17.4 Å². The summed E-state index contributed by atoms with van der Waals surface area (Å²) in [6.45, 7) is 2.65. The molecule has 0 aliphatic carbocycles. The summed E-state index contributed by atoms with van der Waals surface area (Å²) in [5.74, 6) is -1.09. The number of ether oxygens (including phenoxy) is 1. The van der Waals surface area contributed by atoms with Crippen LogP contribution in [0, 0.1) is 5.92 Å². The van der Waals surface area contributed by atoms with E-state index in [1.165, 1.54) is 16.4 Å². The van der Waals surface area contributed by atoms with Crippen molar-refractivity contribution in [1.82, 2.24) is 4.31 Å². The molecule has 7 heteroatoms. The van der Waals surface area contributed by atoms with Crippen molar-refractivity contribution >= 4 is 16.0 Å². The molecule has 1 aliphatic heterocycles. The van der Waals surface area contributed by atoms with Crippen molar-refractivity contribution in [2.24, 2.45) is 5.92 Å². The fourth-order valence-corrected chi connectivity index (χ4v) is 3.96. The Bertz CT molecular complexity index is 614. The van der Waals surface area contributed by atoms with Gasteiger partial charge in [0.25, 0.3) is 0 Å². The number of aliphatic carboxylic acids is 1. The number of carboxylic acid groups (broad SMARTS) is 1. The Morgan fingerprint density at radius 3 is 2.90 bits per heavy atom. The van der Waals surface area contributed by atoms with E-state index < -0.39 is 21.9 Å². The van der Waals surface area contributed by atoms with Crippen LogP contribution in [0.15, 0.2) is 29.2 Å². The maximum Gasteiger partial charge on any atom is 0.307 e. The fraction of sp³-hybridized carbons (Fsp3) is 0.500. The average Bonchev–Trinajstić information content (AvgIpc) is 2.48. The average molecular weight is 313 g/mol. The number of piperidine rings is 1. The van der Waals surface area contributed by atoms with E-state index in [0.717, 1.165) is 0 Å². The van der Waals surface area contributed by atoms with Crippen molar-refractivity contribution < 1.29 is 23.1 Å². The standard InChI is InChI=1S/C14H19NO5S/c1-2-20-12-6-3-7-13(9-12)21(18,19)15-8-4-5-11(10-15)14(16)17/h3,6-7,9,11H,2,4-5,8,10H2,1H3,(H,16,17). The van der Waals surface area contributed by atoms with Gasteiger partial charge in [-0.1, -0.05) is 6.07 Å². The maximum absolute atomic E-state index is 12.6. The van der Waals surface area contributed by atoms with E-state index in [0.29, 0.717) is 31.7 Å². The topological polar surface area (TPSA) is 83.9 Å². The normalized spacial score (nSPS) is 20.1. The SMILES string of the molecule is CCOc1cccc(S(=O)(=O)N2CCCC(C(=O)O)C2)c1. The molecule has 0 radical (unpaired) electrons. The highest BCUT2D eigenvalue weighted by molar-refractivity contribution is 7.89. The largest absolute Gasteiger partial charge is 0.494 e. The zero-order chi connectivity index (χ0) is 15.5. The zero-order valence-electron chi connectivity index (χ0n) is 11.9. The Morgan fingerprint density at radius 1 is 1.48 bits per heavy atom. The van der Waals surface area contributed by atoms with Crippen LogP contribution in [0.5, 0.6) is 5.75 Å². The van der Waals surface area contributed by atoms with Crippen molar-refractivity contribution in [2.45, 2.75) is 24.7 Å². The van der Waals surface area contributed by atoms with E-state index in [2.05, 4.69) is 0 Å². The van der Waals surface area contributed by atoms with Gasteiger partial charge in [-0.2, -0.15) is 4.31 Å². The van der Waals surface area contributed by atoms with E-state index >= 15 is 0 Å². The molecule has 0 amide bonds. The molecule has 2 rings (SSSR count). The molecular weight excluding hydrogens is 294 g/mol. The van der Waals surface area contributed by atoms with Gasteiger partial charge >= 0.3 is 5.97 Å². The van der Waals surface area contributed by atoms with Gasteiger partial charge in [-0.05, 0) is 31.9 Å². The summed E-state index contributed by atoms with van der Waals surface area (Å²) in [7, 11) is -3.68. The van der Waals surface area contributed by atoms with Crippen molar-refractivity contribution in [2.75, 3.05) is 19.7 Å². The second-order valence-electron chi connectivity index (χ2n) is 4.95. The second kappa shape index (κ2) is 6.44. The lowest BCUT2D eigenvalue weighted by molar-refractivity contribution is -0.142. The molecule has 1 N–H and O–H groups in total. The number of benzene rings is 1. The molecule has 0 spiro atoms. The van der Waals surface area contributed by atoms with Crippen LogP contribution in [0.1, 0.15) is 19.8 Å². The third kappa shape index (κ3) is 3.54. The molecule has 1 unspecified atom stereocenters. The number of hydrogen-bond donors (Lipinski definition) is 1. The van der Waals surface area contributed by atoms with Gasteiger partial charge in [-0.15, -0.1) is 0 Å². The number of hydrogen-bond acceptors (Lipinski definition) is 4. The number of carbonyl (C=O) groups is 1. The highest BCUT2D eigenvalue weighted by Gasteiger charge is 2.33. The van der Waals surface area contributed by atoms with Crippen molar-refractivity contribution in [3.63, 3.8) is 0 Å².